The maximum Gasteiger partial charge on any atom is 0.258 e. The van der Waals surface area contributed by atoms with Crippen LogP contribution in [0.3, 0.4) is 0 Å². The Balaban J connectivity index is 1.42. The molecule has 1 saturated carbocycles. The number of amides is 1. The molecule has 0 aliphatic heterocycles. The SMILES string of the molecule is N#Cc1nccnc1OC1CCC(NC(=O)COc2ccccc2F)CC1. The van der Waals surface area contributed by atoms with Crippen molar-refractivity contribution in [3.8, 4) is 17.7 Å². The van der Waals surface area contributed by atoms with Crippen LogP contribution in [0.2, 0.25) is 0 Å². The van der Waals surface area contributed by atoms with Crippen molar-refractivity contribution in [1.82, 2.24) is 15.3 Å². The van der Waals surface area contributed by atoms with Gasteiger partial charge in [0, 0.05) is 18.4 Å². The molecule has 1 amide bonds. The number of nitrogens with zero attached hydrogens (tertiary/aromatic N) is 3. The van der Waals surface area contributed by atoms with Crippen molar-refractivity contribution in [2.45, 2.75) is 37.8 Å². The molecule has 0 spiro atoms. The highest BCUT2D eigenvalue weighted by molar-refractivity contribution is 5.77. The molecule has 27 heavy (non-hydrogen) atoms. The van der Waals surface area contributed by atoms with Crippen molar-refractivity contribution in [3.05, 3.63) is 48.2 Å². The summed E-state index contributed by atoms with van der Waals surface area (Å²) in [5.74, 6) is -0.486. The Kier molecular flexibility index (Phi) is 6.15. The Morgan fingerprint density at radius 2 is 1.96 bits per heavy atom. The summed E-state index contributed by atoms with van der Waals surface area (Å²) >= 11 is 0. The van der Waals surface area contributed by atoms with Gasteiger partial charge in [-0.1, -0.05) is 12.1 Å². The molecule has 7 nitrogen and oxygen atoms in total. The fourth-order valence-electron chi connectivity index (χ4n) is 2.95. The molecule has 2 aromatic rings. The summed E-state index contributed by atoms with van der Waals surface area (Å²) < 4.78 is 24.5. The first-order valence-corrected chi connectivity index (χ1v) is 8.70. The summed E-state index contributed by atoms with van der Waals surface area (Å²) in [5.41, 5.74) is 0.165. The zero-order chi connectivity index (χ0) is 19.1. The first kappa shape index (κ1) is 18.6. The number of hydrogen-bond acceptors (Lipinski definition) is 6. The number of aromatic nitrogens is 2. The highest BCUT2D eigenvalue weighted by Gasteiger charge is 2.25. The highest BCUT2D eigenvalue weighted by atomic mass is 19.1. The summed E-state index contributed by atoms with van der Waals surface area (Å²) in [6, 6.07) is 7.93. The van der Waals surface area contributed by atoms with E-state index in [1.54, 1.807) is 12.1 Å². The third-order valence-electron chi connectivity index (χ3n) is 4.28. The van der Waals surface area contributed by atoms with Gasteiger partial charge in [0.15, 0.2) is 18.2 Å². The van der Waals surface area contributed by atoms with Crippen molar-refractivity contribution < 1.29 is 18.7 Å². The molecule has 1 aliphatic rings. The van der Waals surface area contributed by atoms with Gasteiger partial charge < -0.3 is 14.8 Å². The summed E-state index contributed by atoms with van der Waals surface area (Å²) in [6.45, 7) is -0.234. The van der Waals surface area contributed by atoms with Crippen LogP contribution < -0.4 is 14.8 Å². The van der Waals surface area contributed by atoms with Gasteiger partial charge in [-0.15, -0.1) is 0 Å². The molecule has 1 fully saturated rings. The summed E-state index contributed by atoms with van der Waals surface area (Å²) in [6.07, 6.45) is 5.77. The van der Waals surface area contributed by atoms with Crippen molar-refractivity contribution in [2.75, 3.05) is 6.61 Å². The lowest BCUT2D eigenvalue weighted by Crippen LogP contribution is -2.41. The maximum atomic E-state index is 13.5. The molecule has 0 bridgehead atoms. The number of carbonyl (C=O) groups excluding carboxylic acids is 1. The van der Waals surface area contributed by atoms with Crippen LogP contribution in [0, 0.1) is 17.1 Å². The molecule has 1 aliphatic carbocycles. The van der Waals surface area contributed by atoms with Crippen LogP contribution in [0.5, 0.6) is 11.6 Å². The number of ether oxygens (including phenoxy) is 2. The average molecular weight is 370 g/mol. The molecule has 0 radical (unpaired) electrons. The number of rotatable bonds is 6. The zero-order valence-electron chi connectivity index (χ0n) is 14.6. The number of halogens is 1. The smallest absolute Gasteiger partial charge is 0.258 e. The van der Waals surface area contributed by atoms with E-state index in [0.29, 0.717) is 0 Å². The van der Waals surface area contributed by atoms with Gasteiger partial charge >= 0.3 is 0 Å². The normalized spacial score (nSPS) is 19.0. The van der Waals surface area contributed by atoms with E-state index in [4.69, 9.17) is 14.7 Å². The molecule has 3 rings (SSSR count). The van der Waals surface area contributed by atoms with Gasteiger partial charge in [-0.3, -0.25) is 4.79 Å². The fraction of sp³-hybridized carbons (Fsp3) is 0.368. The molecular weight excluding hydrogens is 351 g/mol. The van der Waals surface area contributed by atoms with E-state index >= 15 is 0 Å². The van der Waals surface area contributed by atoms with E-state index in [-0.39, 0.29) is 42.0 Å². The van der Waals surface area contributed by atoms with Crippen LogP contribution in [-0.4, -0.2) is 34.6 Å². The fourth-order valence-corrected chi connectivity index (χ4v) is 2.95. The number of carbonyl (C=O) groups is 1. The summed E-state index contributed by atoms with van der Waals surface area (Å²) in [5, 5.41) is 11.9. The van der Waals surface area contributed by atoms with Crippen LogP contribution >= 0.6 is 0 Å². The summed E-state index contributed by atoms with van der Waals surface area (Å²) in [7, 11) is 0. The minimum Gasteiger partial charge on any atom is -0.481 e. The van der Waals surface area contributed by atoms with E-state index < -0.39 is 5.82 Å². The average Bonchev–Trinajstić information content (AvgIpc) is 2.69. The second kappa shape index (κ2) is 8.94. The molecule has 140 valence electrons. The van der Waals surface area contributed by atoms with E-state index in [0.717, 1.165) is 25.7 Å². The van der Waals surface area contributed by atoms with Gasteiger partial charge in [-0.2, -0.15) is 5.26 Å². The number of para-hydroxylation sites is 1. The molecule has 8 heteroatoms. The topological polar surface area (TPSA) is 97.1 Å². The number of nitriles is 1. The molecule has 0 saturated heterocycles. The van der Waals surface area contributed by atoms with Gasteiger partial charge in [0.1, 0.15) is 12.2 Å². The van der Waals surface area contributed by atoms with Gasteiger partial charge in [-0.25, -0.2) is 14.4 Å². The largest absolute Gasteiger partial charge is 0.481 e. The first-order valence-electron chi connectivity index (χ1n) is 8.70. The van der Waals surface area contributed by atoms with Gasteiger partial charge in [0.05, 0.1) is 0 Å². The predicted octanol–water partition coefficient (Wildman–Crippen LogP) is 2.37. The molecule has 0 unspecified atom stereocenters. The Labute approximate surface area is 156 Å². The Hall–Kier alpha value is -3.21. The van der Waals surface area contributed by atoms with E-state index in [9.17, 15) is 9.18 Å². The quantitative estimate of drug-likeness (QED) is 0.838. The lowest BCUT2D eigenvalue weighted by atomic mass is 9.93. The Bertz CT molecular complexity index is 832. The van der Waals surface area contributed by atoms with Crippen LogP contribution in [0.15, 0.2) is 36.7 Å². The zero-order valence-corrected chi connectivity index (χ0v) is 14.6. The molecule has 1 aromatic heterocycles. The molecule has 1 heterocycles. The van der Waals surface area contributed by atoms with Crippen molar-refractivity contribution >= 4 is 5.91 Å². The minimum absolute atomic E-state index is 0.0128. The van der Waals surface area contributed by atoms with Gasteiger partial charge in [0.2, 0.25) is 5.69 Å². The predicted molar refractivity (Wildman–Crippen MR) is 93.5 cm³/mol. The van der Waals surface area contributed by atoms with Crippen LogP contribution in [0.1, 0.15) is 31.4 Å². The van der Waals surface area contributed by atoms with Gasteiger partial charge in [-0.05, 0) is 37.8 Å². The number of benzene rings is 1. The van der Waals surface area contributed by atoms with E-state index in [2.05, 4.69) is 15.3 Å². The standard InChI is InChI=1S/C19H19FN4O3/c20-15-3-1-2-4-17(15)26-12-18(25)24-13-5-7-14(8-6-13)27-19-16(11-21)22-9-10-23-19/h1-4,9-10,13-14H,5-8,12H2,(H,24,25). The highest BCUT2D eigenvalue weighted by Crippen LogP contribution is 2.24. The first-order chi connectivity index (χ1) is 13.2. The van der Waals surface area contributed by atoms with Crippen molar-refractivity contribution in [1.29, 1.82) is 5.26 Å². The van der Waals surface area contributed by atoms with Gasteiger partial charge in [0.25, 0.3) is 11.8 Å². The second-order valence-corrected chi connectivity index (χ2v) is 6.20. The minimum atomic E-state index is -0.497. The number of hydrogen-bond donors (Lipinski definition) is 1. The van der Waals surface area contributed by atoms with E-state index in [1.807, 2.05) is 6.07 Å². The van der Waals surface area contributed by atoms with Crippen molar-refractivity contribution in [3.63, 3.8) is 0 Å². The van der Waals surface area contributed by atoms with E-state index in [1.165, 1.54) is 24.5 Å². The Morgan fingerprint density at radius 3 is 2.70 bits per heavy atom. The third kappa shape index (κ3) is 5.14. The molecule has 1 aromatic carbocycles. The molecular formula is C19H19FN4O3. The van der Waals surface area contributed by atoms with Crippen LogP contribution in [-0.2, 0) is 4.79 Å². The third-order valence-corrected chi connectivity index (χ3v) is 4.28. The van der Waals surface area contributed by atoms with Crippen LogP contribution in [0.25, 0.3) is 0 Å². The lowest BCUT2D eigenvalue weighted by Gasteiger charge is -2.29. The lowest BCUT2D eigenvalue weighted by molar-refractivity contribution is -0.124. The van der Waals surface area contributed by atoms with Crippen molar-refractivity contribution in [2.24, 2.45) is 0 Å². The monoisotopic (exact) mass is 370 g/mol. The second-order valence-electron chi connectivity index (χ2n) is 6.20. The Morgan fingerprint density at radius 1 is 1.22 bits per heavy atom. The molecule has 1 N–H and O–H groups in total. The summed E-state index contributed by atoms with van der Waals surface area (Å²) in [4.78, 5) is 20.0. The van der Waals surface area contributed by atoms with Crippen LogP contribution in [0.4, 0.5) is 4.39 Å². The maximum absolute atomic E-state index is 13.5. The number of nitrogens with one attached hydrogen (secondary N) is 1. The molecule has 0 atom stereocenters.